The van der Waals surface area contributed by atoms with E-state index >= 15 is 0 Å². The number of aromatic nitrogens is 1. The fourth-order valence-electron chi connectivity index (χ4n) is 10.8. The maximum absolute atomic E-state index is 3.90. The molecule has 0 radical (unpaired) electrons. The Morgan fingerprint density at radius 3 is 1.67 bits per heavy atom. The molecule has 2 aliphatic rings. The third kappa shape index (κ3) is 5.47. The maximum atomic E-state index is 3.90. The average molecular weight is 818 g/mol. The lowest BCUT2D eigenvalue weighted by Crippen LogP contribution is -2.17. The van der Waals surface area contributed by atoms with Crippen LogP contribution in [0.5, 0.6) is 0 Å². The van der Waals surface area contributed by atoms with Crippen LogP contribution in [-0.2, 0) is 5.41 Å². The zero-order chi connectivity index (χ0) is 42.5. The zero-order valence-electron chi connectivity index (χ0n) is 35.7. The van der Waals surface area contributed by atoms with Crippen molar-refractivity contribution in [2.24, 2.45) is 0 Å². The molecule has 0 bridgehead atoms. The Balaban J connectivity index is 0.937. The largest absolute Gasteiger partial charge is 0.354 e. The van der Waals surface area contributed by atoms with Crippen LogP contribution >= 0.6 is 0 Å². The van der Waals surface area contributed by atoms with Crippen LogP contribution in [0.25, 0.3) is 77.1 Å². The molecule has 0 amide bonds. The molecule has 0 fully saturated rings. The number of fused-ring (bicyclic) bond motifs is 9. The monoisotopic (exact) mass is 817 g/mol. The van der Waals surface area contributed by atoms with Gasteiger partial charge in [0.15, 0.2) is 0 Å². The molecule has 1 heterocycles. The van der Waals surface area contributed by atoms with Gasteiger partial charge in [-0.15, -0.1) is 0 Å². The standard InChI is InChI=1S/C61H43N3/c1-61(2)54-36-45(30-33-49(54)50-34-31-46(37-55(50)61)64(43-20-7-4-8-21-43)57-25-13-17-41-16-9-10-22-48(41)57)63(44-28-26-40(27-29-44)39-14-5-3-6-15-39)47-32-35-51-56(38-47)62-60-53-24-12-19-42-18-11-23-52(58(42)53)59(51)60/h3-38,62H,1-2H3. The highest BCUT2D eigenvalue weighted by molar-refractivity contribution is 6.21. The van der Waals surface area contributed by atoms with E-state index < -0.39 is 0 Å². The minimum Gasteiger partial charge on any atom is -0.354 e. The molecule has 1 aromatic heterocycles. The smallest absolute Gasteiger partial charge is 0.0551 e. The molecule has 64 heavy (non-hydrogen) atoms. The first-order chi connectivity index (χ1) is 31.5. The molecule has 3 heteroatoms. The third-order valence-electron chi connectivity index (χ3n) is 13.9. The molecule has 0 aliphatic heterocycles. The Kier molecular flexibility index (Phi) is 7.95. The summed E-state index contributed by atoms with van der Waals surface area (Å²) in [5.41, 5.74) is 20.4. The van der Waals surface area contributed by atoms with Crippen LogP contribution in [0.1, 0.15) is 25.0 Å². The second-order valence-electron chi connectivity index (χ2n) is 17.8. The molecule has 0 saturated carbocycles. The van der Waals surface area contributed by atoms with E-state index in [-0.39, 0.29) is 5.41 Å². The van der Waals surface area contributed by atoms with Crippen molar-refractivity contribution in [2.45, 2.75) is 19.3 Å². The number of hydrogen-bond acceptors (Lipinski definition) is 2. The summed E-state index contributed by atoms with van der Waals surface area (Å²) in [5, 5.41) is 6.32. The van der Waals surface area contributed by atoms with Crippen LogP contribution < -0.4 is 9.80 Å². The first-order valence-electron chi connectivity index (χ1n) is 22.3. The number of aromatic amines is 1. The summed E-state index contributed by atoms with van der Waals surface area (Å²) in [7, 11) is 0. The lowest BCUT2D eigenvalue weighted by molar-refractivity contribution is 0.660. The Morgan fingerprint density at radius 2 is 0.922 bits per heavy atom. The van der Waals surface area contributed by atoms with Gasteiger partial charge in [0.1, 0.15) is 0 Å². The predicted octanol–water partition coefficient (Wildman–Crippen LogP) is 17.0. The van der Waals surface area contributed by atoms with Gasteiger partial charge in [-0.3, -0.25) is 0 Å². The molecule has 11 aromatic rings. The lowest BCUT2D eigenvalue weighted by Gasteiger charge is -2.29. The van der Waals surface area contributed by atoms with E-state index in [4.69, 9.17) is 0 Å². The molecule has 2 aliphatic carbocycles. The van der Waals surface area contributed by atoms with E-state index in [0.717, 1.165) is 34.0 Å². The maximum Gasteiger partial charge on any atom is 0.0551 e. The van der Waals surface area contributed by atoms with Gasteiger partial charge in [0, 0.05) is 61.3 Å². The predicted molar refractivity (Wildman–Crippen MR) is 270 cm³/mol. The molecular weight excluding hydrogens is 775 g/mol. The number of nitrogens with one attached hydrogen (secondary N) is 1. The molecule has 10 aromatic carbocycles. The molecule has 0 saturated heterocycles. The Labute approximate surface area is 373 Å². The summed E-state index contributed by atoms with van der Waals surface area (Å²) in [6.45, 7) is 4.78. The van der Waals surface area contributed by atoms with Crippen LogP contribution in [0.4, 0.5) is 34.1 Å². The zero-order valence-corrected chi connectivity index (χ0v) is 35.7. The SMILES string of the molecule is CC1(C)c2cc(N(c3ccc(-c4ccccc4)cc3)c3ccc4c5c([nH]c4c3)-c3cccc4cccc-5c34)ccc2-c2ccc(N(c3ccccc3)c3cccc4ccccc34)cc21. The summed E-state index contributed by atoms with van der Waals surface area (Å²) in [5.74, 6) is 0. The van der Waals surface area contributed by atoms with Crippen molar-refractivity contribution in [3.05, 3.63) is 230 Å². The molecule has 302 valence electrons. The quantitative estimate of drug-likeness (QED) is 0.173. The number of para-hydroxylation sites is 1. The first kappa shape index (κ1) is 36.5. The number of H-pyrrole nitrogens is 1. The Morgan fingerprint density at radius 1 is 0.375 bits per heavy atom. The molecule has 3 nitrogen and oxygen atoms in total. The van der Waals surface area contributed by atoms with Crippen LogP contribution in [-0.4, -0.2) is 4.98 Å². The highest BCUT2D eigenvalue weighted by Gasteiger charge is 2.37. The van der Waals surface area contributed by atoms with Gasteiger partial charge in [0.25, 0.3) is 0 Å². The molecule has 0 unspecified atom stereocenters. The van der Waals surface area contributed by atoms with Gasteiger partial charge >= 0.3 is 0 Å². The van der Waals surface area contributed by atoms with Gasteiger partial charge in [-0.05, 0) is 122 Å². The van der Waals surface area contributed by atoms with Crippen molar-refractivity contribution in [3.63, 3.8) is 0 Å². The summed E-state index contributed by atoms with van der Waals surface area (Å²) >= 11 is 0. The van der Waals surface area contributed by atoms with Gasteiger partial charge in [0.2, 0.25) is 0 Å². The van der Waals surface area contributed by atoms with E-state index in [9.17, 15) is 0 Å². The van der Waals surface area contributed by atoms with E-state index in [2.05, 4.69) is 247 Å². The highest BCUT2D eigenvalue weighted by atomic mass is 15.1. The number of rotatable bonds is 7. The molecule has 13 rings (SSSR count). The molecular formula is C61H43N3. The third-order valence-corrected chi connectivity index (χ3v) is 13.9. The minimum absolute atomic E-state index is 0.265. The van der Waals surface area contributed by atoms with Crippen molar-refractivity contribution in [1.29, 1.82) is 0 Å². The second-order valence-corrected chi connectivity index (χ2v) is 17.8. The van der Waals surface area contributed by atoms with E-state index in [1.807, 2.05) is 0 Å². The summed E-state index contributed by atoms with van der Waals surface area (Å²) in [4.78, 5) is 8.74. The van der Waals surface area contributed by atoms with Crippen LogP contribution in [0.3, 0.4) is 0 Å². The number of benzene rings is 10. The van der Waals surface area contributed by atoms with E-state index in [1.165, 1.54) is 88.4 Å². The minimum atomic E-state index is -0.265. The van der Waals surface area contributed by atoms with Crippen molar-refractivity contribution < 1.29 is 0 Å². The number of anilines is 6. The van der Waals surface area contributed by atoms with Gasteiger partial charge in [-0.2, -0.15) is 0 Å². The second kappa shape index (κ2) is 13.9. The van der Waals surface area contributed by atoms with Gasteiger partial charge in [-0.1, -0.05) is 166 Å². The van der Waals surface area contributed by atoms with E-state index in [0.29, 0.717) is 0 Å². The van der Waals surface area contributed by atoms with Crippen molar-refractivity contribution in [2.75, 3.05) is 9.80 Å². The number of nitrogens with zero attached hydrogens (tertiary/aromatic N) is 2. The van der Waals surface area contributed by atoms with E-state index in [1.54, 1.807) is 0 Å². The normalized spacial score (nSPS) is 13.0. The van der Waals surface area contributed by atoms with Crippen LogP contribution in [0.15, 0.2) is 218 Å². The molecule has 0 spiro atoms. The van der Waals surface area contributed by atoms with Crippen molar-refractivity contribution in [3.8, 4) is 44.6 Å². The fourth-order valence-corrected chi connectivity index (χ4v) is 10.8. The summed E-state index contributed by atoms with van der Waals surface area (Å²) < 4.78 is 0. The Hall–Kier alpha value is -8.14. The van der Waals surface area contributed by atoms with Gasteiger partial charge < -0.3 is 14.8 Å². The van der Waals surface area contributed by atoms with Gasteiger partial charge in [0.05, 0.1) is 11.4 Å². The summed E-state index contributed by atoms with van der Waals surface area (Å²) in [6, 6.07) is 80.2. The van der Waals surface area contributed by atoms with Crippen LogP contribution in [0.2, 0.25) is 0 Å². The lowest BCUT2D eigenvalue weighted by atomic mass is 9.82. The number of hydrogen-bond donors (Lipinski definition) is 1. The fraction of sp³-hybridized carbons (Fsp3) is 0.0492. The van der Waals surface area contributed by atoms with Crippen molar-refractivity contribution >= 4 is 66.6 Å². The topological polar surface area (TPSA) is 22.3 Å². The van der Waals surface area contributed by atoms with Crippen LogP contribution in [0, 0.1) is 0 Å². The first-order valence-corrected chi connectivity index (χ1v) is 22.3. The molecule has 1 N–H and O–H groups in total. The van der Waals surface area contributed by atoms with Gasteiger partial charge in [-0.25, -0.2) is 0 Å². The Bertz CT molecular complexity index is 3630. The summed E-state index contributed by atoms with van der Waals surface area (Å²) in [6.07, 6.45) is 0. The average Bonchev–Trinajstić information content (AvgIpc) is 3.95. The highest BCUT2D eigenvalue weighted by Crippen LogP contribution is 2.54. The molecule has 0 atom stereocenters. The van der Waals surface area contributed by atoms with Crippen molar-refractivity contribution in [1.82, 2.24) is 4.98 Å².